The fourth-order valence-corrected chi connectivity index (χ4v) is 3.99. The van der Waals surface area contributed by atoms with Crippen molar-refractivity contribution in [2.24, 2.45) is 5.92 Å². The summed E-state index contributed by atoms with van der Waals surface area (Å²) in [4.78, 5) is 14.9. The molecule has 0 saturated carbocycles. The van der Waals surface area contributed by atoms with E-state index in [1.165, 1.54) is 25.9 Å². The van der Waals surface area contributed by atoms with Crippen LogP contribution in [-0.4, -0.2) is 36.5 Å². The van der Waals surface area contributed by atoms with Crippen molar-refractivity contribution in [1.29, 1.82) is 0 Å². The summed E-state index contributed by atoms with van der Waals surface area (Å²) in [5, 5.41) is 3.23. The van der Waals surface area contributed by atoms with Crippen molar-refractivity contribution in [1.82, 2.24) is 10.2 Å². The molecule has 0 aromatic heterocycles. The minimum atomic E-state index is 0.0597. The van der Waals surface area contributed by atoms with Gasteiger partial charge in [0.15, 0.2) is 0 Å². The zero-order valence-electron chi connectivity index (χ0n) is 10.5. The molecular formula is C14H16BrIN2O. The zero-order valence-corrected chi connectivity index (χ0v) is 14.3. The van der Waals surface area contributed by atoms with E-state index in [1.54, 1.807) is 0 Å². The molecule has 1 aromatic carbocycles. The molecule has 1 aromatic rings. The lowest BCUT2D eigenvalue weighted by atomic mass is 9.84. The largest absolute Gasteiger partial charge is 0.348 e. The van der Waals surface area contributed by atoms with Gasteiger partial charge in [-0.2, -0.15) is 0 Å². The predicted octanol–water partition coefficient (Wildman–Crippen LogP) is 2.88. The minimum Gasteiger partial charge on any atom is -0.348 e. The molecule has 0 aliphatic carbocycles. The van der Waals surface area contributed by atoms with Gasteiger partial charge in [-0.1, -0.05) is 15.9 Å². The van der Waals surface area contributed by atoms with Crippen molar-refractivity contribution in [2.75, 3.05) is 19.6 Å². The average molecular weight is 435 g/mol. The Morgan fingerprint density at radius 2 is 2.11 bits per heavy atom. The van der Waals surface area contributed by atoms with E-state index in [-0.39, 0.29) is 5.91 Å². The van der Waals surface area contributed by atoms with Crippen molar-refractivity contribution in [3.63, 3.8) is 0 Å². The minimum absolute atomic E-state index is 0.0597. The summed E-state index contributed by atoms with van der Waals surface area (Å²) < 4.78 is 1.95. The second-order valence-corrected chi connectivity index (χ2v) is 7.42. The number of piperidine rings is 3. The molecule has 1 unspecified atom stereocenters. The number of carbonyl (C=O) groups excluding carboxylic acids is 1. The average Bonchev–Trinajstić information content (AvgIpc) is 2.43. The predicted molar refractivity (Wildman–Crippen MR) is 87.3 cm³/mol. The number of nitrogens with zero attached hydrogens (tertiary/aromatic N) is 1. The van der Waals surface area contributed by atoms with Crippen LogP contribution in [0, 0.1) is 9.49 Å². The molecule has 0 spiro atoms. The molecule has 3 saturated heterocycles. The molecule has 102 valence electrons. The van der Waals surface area contributed by atoms with Crippen LogP contribution in [-0.2, 0) is 0 Å². The summed E-state index contributed by atoms with van der Waals surface area (Å²) >= 11 is 5.65. The maximum Gasteiger partial charge on any atom is 0.252 e. The Kier molecular flexibility index (Phi) is 4.14. The number of halogens is 2. The lowest BCUT2D eigenvalue weighted by Crippen LogP contribution is -2.57. The van der Waals surface area contributed by atoms with E-state index in [0.29, 0.717) is 12.0 Å². The van der Waals surface area contributed by atoms with Gasteiger partial charge in [0, 0.05) is 20.6 Å². The molecule has 3 heterocycles. The first kappa shape index (κ1) is 13.8. The number of rotatable bonds is 2. The smallest absolute Gasteiger partial charge is 0.252 e. The Morgan fingerprint density at radius 1 is 1.37 bits per heavy atom. The lowest BCUT2D eigenvalue weighted by molar-refractivity contribution is 0.0620. The van der Waals surface area contributed by atoms with Gasteiger partial charge >= 0.3 is 0 Å². The third kappa shape index (κ3) is 2.97. The maximum atomic E-state index is 12.4. The number of amides is 1. The molecule has 3 aliphatic heterocycles. The summed E-state index contributed by atoms with van der Waals surface area (Å²) in [6.07, 6.45) is 2.45. The monoisotopic (exact) mass is 434 g/mol. The SMILES string of the molecule is O=C(NC1CN2CCC1CC2)c1cc(Br)ccc1I. The highest BCUT2D eigenvalue weighted by molar-refractivity contribution is 14.1. The summed E-state index contributed by atoms with van der Waals surface area (Å²) in [6, 6.07) is 6.16. The number of carbonyl (C=O) groups is 1. The van der Waals surface area contributed by atoms with Crippen LogP contribution in [0.3, 0.4) is 0 Å². The first-order valence-electron chi connectivity index (χ1n) is 6.62. The van der Waals surface area contributed by atoms with Crippen molar-refractivity contribution in [3.8, 4) is 0 Å². The number of hydrogen-bond acceptors (Lipinski definition) is 2. The Bertz CT molecular complexity index is 500. The van der Waals surface area contributed by atoms with Gasteiger partial charge in [0.1, 0.15) is 0 Å². The first-order chi connectivity index (χ1) is 9.13. The van der Waals surface area contributed by atoms with Crippen molar-refractivity contribution >= 4 is 44.4 Å². The van der Waals surface area contributed by atoms with Gasteiger partial charge in [-0.05, 0) is 72.6 Å². The molecule has 1 N–H and O–H groups in total. The van der Waals surface area contributed by atoms with Crippen molar-refractivity contribution in [2.45, 2.75) is 18.9 Å². The van der Waals surface area contributed by atoms with E-state index in [1.807, 2.05) is 18.2 Å². The van der Waals surface area contributed by atoms with Crippen LogP contribution >= 0.6 is 38.5 Å². The van der Waals surface area contributed by atoms with Crippen LogP contribution in [0.25, 0.3) is 0 Å². The summed E-state index contributed by atoms with van der Waals surface area (Å²) in [7, 11) is 0. The maximum absolute atomic E-state index is 12.4. The molecule has 4 rings (SSSR count). The molecule has 3 aliphatic rings. The van der Waals surface area contributed by atoms with E-state index >= 15 is 0 Å². The zero-order chi connectivity index (χ0) is 13.4. The van der Waals surface area contributed by atoms with Gasteiger partial charge in [0.05, 0.1) is 5.56 Å². The second-order valence-electron chi connectivity index (χ2n) is 5.34. The topological polar surface area (TPSA) is 32.3 Å². The highest BCUT2D eigenvalue weighted by Crippen LogP contribution is 2.28. The number of hydrogen-bond donors (Lipinski definition) is 1. The van der Waals surface area contributed by atoms with Crippen LogP contribution < -0.4 is 5.32 Å². The summed E-state index contributed by atoms with van der Waals surface area (Å²) in [5.41, 5.74) is 0.770. The standard InChI is InChI=1S/C14H16BrIN2O/c15-10-1-2-12(16)11(7-10)14(19)17-13-8-18-5-3-9(13)4-6-18/h1-2,7,9,13H,3-6,8H2,(H,17,19). The van der Waals surface area contributed by atoms with E-state index in [9.17, 15) is 4.79 Å². The lowest BCUT2D eigenvalue weighted by Gasteiger charge is -2.44. The van der Waals surface area contributed by atoms with Crippen LogP contribution in [0.2, 0.25) is 0 Å². The molecule has 3 nitrogen and oxygen atoms in total. The summed E-state index contributed by atoms with van der Waals surface area (Å²) in [6.45, 7) is 3.41. The molecule has 1 amide bonds. The Labute approximate surface area is 135 Å². The van der Waals surface area contributed by atoms with Crippen molar-refractivity contribution < 1.29 is 4.79 Å². The highest BCUT2D eigenvalue weighted by Gasteiger charge is 2.35. The molecule has 19 heavy (non-hydrogen) atoms. The molecule has 5 heteroatoms. The molecule has 1 atom stereocenters. The molecule has 2 bridgehead atoms. The Hall–Kier alpha value is -0.140. The number of benzene rings is 1. The summed E-state index contributed by atoms with van der Waals surface area (Å²) in [5.74, 6) is 0.725. The Balaban J connectivity index is 1.73. The van der Waals surface area contributed by atoms with E-state index in [0.717, 1.165) is 20.2 Å². The fourth-order valence-electron chi connectivity index (χ4n) is 3.05. The molecule has 3 fully saturated rings. The van der Waals surface area contributed by atoms with Crippen LogP contribution in [0.4, 0.5) is 0 Å². The van der Waals surface area contributed by atoms with Gasteiger partial charge in [0.2, 0.25) is 0 Å². The quantitative estimate of drug-likeness (QED) is 0.726. The van der Waals surface area contributed by atoms with Crippen LogP contribution in [0.5, 0.6) is 0 Å². The number of nitrogens with one attached hydrogen (secondary N) is 1. The van der Waals surface area contributed by atoms with E-state index in [2.05, 4.69) is 48.7 Å². The fraction of sp³-hybridized carbons (Fsp3) is 0.500. The van der Waals surface area contributed by atoms with Crippen LogP contribution in [0.15, 0.2) is 22.7 Å². The number of fused-ring (bicyclic) bond motifs is 3. The van der Waals surface area contributed by atoms with Gasteiger partial charge < -0.3 is 10.2 Å². The molecule has 0 radical (unpaired) electrons. The third-order valence-corrected chi connectivity index (χ3v) is 5.58. The molecular weight excluding hydrogens is 419 g/mol. The van der Waals surface area contributed by atoms with E-state index in [4.69, 9.17) is 0 Å². The van der Waals surface area contributed by atoms with Gasteiger partial charge in [0.25, 0.3) is 5.91 Å². The van der Waals surface area contributed by atoms with Gasteiger partial charge in [-0.15, -0.1) is 0 Å². The van der Waals surface area contributed by atoms with Gasteiger partial charge in [-0.25, -0.2) is 0 Å². The highest BCUT2D eigenvalue weighted by atomic mass is 127. The third-order valence-electron chi connectivity index (χ3n) is 4.15. The first-order valence-corrected chi connectivity index (χ1v) is 8.49. The van der Waals surface area contributed by atoms with Crippen LogP contribution in [0.1, 0.15) is 23.2 Å². The van der Waals surface area contributed by atoms with Crippen molar-refractivity contribution in [3.05, 3.63) is 31.8 Å². The Morgan fingerprint density at radius 3 is 2.74 bits per heavy atom. The second kappa shape index (κ2) is 5.69. The van der Waals surface area contributed by atoms with Gasteiger partial charge in [-0.3, -0.25) is 4.79 Å². The van der Waals surface area contributed by atoms with E-state index < -0.39 is 0 Å². The normalized spacial score (nSPS) is 29.3.